The fourth-order valence-corrected chi connectivity index (χ4v) is 3.98. The van der Waals surface area contributed by atoms with Gasteiger partial charge in [-0.3, -0.25) is 0 Å². The summed E-state index contributed by atoms with van der Waals surface area (Å²) in [6.07, 6.45) is 3.67. The van der Waals surface area contributed by atoms with Crippen molar-refractivity contribution in [1.29, 1.82) is 0 Å². The lowest BCUT2D eigenvalue weighted by Crippen LogP contribution is -2.49. The molecule has 2 rings (SSSR count). The van der Waals surface area contributed by atoms with Crippen LogP contribution in [0.15, 0.2) is 0 Å². The van der Waals surface area contributed by atoms with Crippen LogP contribution in [0.2, 0.25) is 0 Å². The Morgan fingerprint density at radius 1 is 1.35 bits per heavy atom. The molecule has 17 heavy (non-hydrogen) atoms. The van der Waals surface area contributed by atoms with E-state index < -0.39 is 10.0 Å². The van der Waals surface area contributed by atoms with E-state index in [-0.39, 0.29) is 17.9 Å². The number of ether oxygens (including phenoxy) is 1. The number of nitrogens with one attached hydrogen (secondary N) is 2. The quantitative estimate of drug-likeness (QED) is 0.761. The lowest BCUT2D eigenvalue weighted by Gasteiger charge is -2.28. The van der Waals surface area contributed by atoms with Gasteiger partial charge in [0.1, 0.15) is 0 Å². The van der Waals surface area contributed by atoms with E-state index in [0.29, 0.717) is 12.6 Å². The largest absolute Gasteiger partial charge is 0.377 e. The second kappa shape index (κ2) is 5.65. The first-order valence-corrected chi connectivity index (χ1v) is 8.05. The van der Waals surface area contributed by atoms with Gasteiger partial charge in [-0.05, 0) is 32.6 Å². The van der Waals surface area contributed by atoms with Crippen molar-refractivity contribution in [2.24, 2.45) is 0 Å². The molecule has 0 spiro atoms. The molecule has 0 amide bonds. The van der Waals surface area contributed by atoms with Gasteiger partial charge in [-0.25, -0.2) is 13.1 Å². The molecule has 2 aliphatic heterocycles. The Morgan fingerprint density at radius 2 is 2.18 bits per heavy atom. The molecule has 0 bridgehead atoms. The van der Waals surface area contributed by atoms with Crippen molar-refractivity contribution >= 4 is 10.0 Å². The minimum atomic E-state index is -3.20. The van der Waals surface area contributed by atoms with Gasteiger partial charge in [0.15, 0.2) is 0 Å². The van der Waals surface area contributed by atoms with E-state index in [2.05, 4.69) is 17.0 Å². The smallest absolute Gasteiger partial charge is 0.214 e. The van der Waals surface area contributed by atoms with Crippen LogP contribution in [0.25, 0.3) is 0 Å². The van der Waals surface area contributed by atoms with Crippen molar-refractivity contribution in [3.8, 4) is 0 Å². The van der Waals surface area contributed by atoms with Gasteiger partial charge in [-0.1, -0.05) is 0 Å². The fraction of sp³-hybridized carbons (Fsp3) is 1.00. The summed E-state index contributed by atoms with van der Waals surface area (Å²) >= 11 is 0. The lowest BCUT2D eigenvalue weighted by molar-refractivity contribution is 0.127. The summed E-state index contributed by atoms with van der Waals surface area (Å²) in [5.74, 6) is 0.110. The molecular weight excluding hydrogens is 240 g/mol. The molecule has 2 aliphatic rings. The van der Waals surface area contributed by atoms with E-state index in [0.717, 1.165) is 32.2 Å². The summed E-state index contributed by atoms with van der Waals surface area (Å²) in [4.78, 5) is 0. The minimum Gasteiger partial charge on any atom is -0.377 e. The highest BCUT2D eigenvalue weighted by Crippen LogP contribution is 2.14. The Bertz CT molecular complexity index is 331. The van der Waals surface area contributed by atoms with Crippen LogP contribution in [-0.4, -0.2) is 45.5 Å². The van der Waals surface area contributed by atoms with Crippen LogP contribution in [0.5, 0.6) is 0 Å². The van der Waals surface area contributed by atoms with E-state index in [1.165, 1.54) is 0 Å². The van der Waals surface area contributed by atoms with Crippen LogP contribution >= 0.6 is 0 Å². The first kappa shape index (κ1) is 13.3. The summed E-state index contributed by atoms with van der Waals surface area (Å²) < 4.78 is 32.0. The average Bonchev–Trinajstić information content (AvgIpc) is 2.73. The summed E-state index contributed by atoms with van der Waals surface area (Å²) in [7, 11) is -3.20. The SMILES string of the molecule is CC1CCC(NS(=O)(=O)CC2CCCO2)CN1. The third-order valence-electron chi connectivity index (χ3n) is 3.44. The van der Waals surface area contributed by atoms with Crippen LogP contribution in [-0.2, 0) is 14.8 Å². The van der Waals surface area contributed by atoms with Gasteiger partial charge < -0.3 is 10.1 Å². The third-order valence-corrected chi connectivity index (χ3v) is 4.94. The van der Waals surface area contributed by atoms with E-state index in [1.54, 1.807) is 0 Å². The Hall–Kier alpha value is -0.170. The zero-order valence-corrected chi connectivity index (χ0v) is 11.1. The predicted octanol–water partition coefficient (Wildman–Crippen LogP) is 0.225. The molecule has 0 aromatic rings. The summed E-state index contributed by atoms with van der Waals surface area (Å²) in [6.45, 7) is 3.55. The fourth-order valence-electron chi connectivity index (χ4n) is 2.42. The van der Waals surface area contributed by atoms with Gasteiger partial charge in [-0.2, -0.15) is 0 Å². The van der Waals surface area contributed by atoms with Crippen molar-refractivity contribution in [1.82, 2.24) is 10.0 Å². The molecule has 100 valence electrons. The van der Waals surface area contributed by atoms with Crippen molar-refractivity contribution in [2.45, 2.75) is 50.8 Å². The van der Waals surface area contributed by atoms with E-state index in [4.69, 9.17) is 4.74 Å². The normalized spacial score (nSPS) is 35.0. The Labute approximate surface area is 103 Å². The average molecular weight is 262 g/mol. The van der Waals surface area contributed by atoms with Crippen LogP contribution in [0.1, 0.15) is 32.6 Å². The van der Waals surface area contributed by atoms with Crippen molar-refractivity contribution in [3.05, 3.63) is 0 Å². The highest BCUT2D eigenvalue weighted by molar-refractivity contribution is 7.89. The molecule has 3 unspecified atom stereocenters. The molecule has 2 N–H and O–H groups in total. The lowest BCUT2D eigenvalue weighted by atomic mass is 10.0. The highest BCUT2D eigenvalue weighted by Gasteiger charge is 2.27. The second-order valence-electron chi connectivity index (χ2n) is 5.12. The molecule has 0 aromatic carbocycles. The molecule has 6 heteroatoms. The van der Waals surface area contributed by atoms with Crippen molar-refractivity contribution in [3.63, 3.8) is 0 Å². The first-order valence-electron chi connectivity index (χ1n) is 6.40. The third kappa shape index (κ3) is 4.21. The maximum absolute atomic E-state index is 11.9. The Balaban J connectivity index is 1.80. The molecule has 0 aromatic heterocycles. The molecule has 0 saturated carbocycles. The van der Waals surface area contributed by atoms with Gasteiger partial charge in [0, 0.05) is 25.2 Å². The molecule has 0 radical (unpaired) electrons. The van der Waals surface area contributed by atoms with Gasteiger partial charge >= 0.3 is 0 Å². The zero-order valence-electron chi connectivity index (χ0n) is 10.3. The second-order valence-corrected chi connectivity index (χ2v) is 6.92. The van der Waals surface area contributed by atoms with Crippen LogP contribution < -0.4 is 10.0 Å². The number of rotatable bonds is 4. The Kier molecular flexibility index (Phi) is 4.41. The number of sulfonamides is 1. The standard InChI is InChI=1S/C11H22N2O3S/c1-9-4-5-10(7-12-9)13-17(14,15)8-11-3-2-6-16-11/h9-13H,2-8H2,1H3. The van der Waals surface area contributed by atoms with Gasteiger partial charge in [0.25, 0.3) is 0 Å². The van der Waals surface area contributed by atoms with Crippen LogP contribution in [0.4, 0.5) is 0 Å². The zero-order chi connectivity index (χ0) is 12.3. The molecule has 5 nitrogen and oxygen atoms in total. The Morgan fingerprint density at radius 3 is 2.76 bits per heavy atom. The summed E-state index contributed by atoms with van der Waals surface area (Å²) in [5.41, 5.74) is 0. The van der Waals surface area contributed by atoms with Gasteiger partial charge in [-0.15, -0.1) is 0 Å². The maximum Gasteiger partial charge on any atom is 0.214 e. The molecule has 2 saturated heterocycles. The summed E-state index contributed by atoms with van der Waals surface area (Å²) in [5, 5.41) is 3.29. The summed E-state index contributed by atoms with van der Waals surface area (Å²) in [6, 6.07) is 0.534. The van der Waals surface area contributed by atoms with E-state index >= 15 is 0 Å². The van der Waals surface area contributed by atoms with E-state index in [1.807, 2.05) is 0 Å². The number of hydrogen-bond acceptors (Lipinski definition) is 4. The van der Waals surface area contributed by atoms with Crippen molar-refractivity contribution in [2.75, 3.05) is 18.9 Å². The first-order chi connectivity index (χ1) is 8.05. The molecular formula is C11H22N2O3S. The van der Waals surface area contributed by atoms with Gasteiger partial charge in [0.05, 0.1) is 11.9 Å². The molecule has 2 heterocycles. The van der Waals surface area contributed by atoms with E-state index in [9.17, 15) is 8.42 Å². The monoisotopic (exact) mass is 262 g/mol. The topological polar surface area (TPSA) is 67.4 Å². The minimum absolute atomic E-state index is 0.0394. The predicted molar refractivity (Wildman–Crippen MR) is 66.4 cm³/mol. The number of hydrogen-bond donors (Lipinski definition) is 2. The maximum atomic E-state index is 11.9. The number of piperidine rings is 1. The van der Waals surface area contributed by atoms with Crippen molar-refractivity contribution < 1.29 is 13.2 Å². The van der Waals surface area contributed by atoms with Crippen LogP contribution in [0.3, 0.4) is 0 Å². The molecule has 2 fully saturated rings. The molecule has 0 aliphatic carbocycles. The molecule has 3 atom stereocenters. The highest BCUT2D eigenvalue weighted by atomic mass is 32.2. The van der Waals surface area contributed by atoms with Crippen LogP contribution in [0, 0.1) is 0 Å². The van der Waals surface area contributed by atoms with Gasteiger partial charge in [0.2, 0.25) is 10.0 Å².